The van der Waals surface area contributed by atoms with Gasteiger partial charge in [0.05, 0.1) is 11.4 Å². The molecular formula is C7H7F3N2OS2. The summed E-state index contributed by atoms with van der Waals surface area (Å²) in [6.45, 7) is 1.73. The van der Waals surface area contributed by atoms with E-state index < -0.39 is 17.2 Å². The number of nitrogens with one attached hydrogen (secondary N) is 1. The van der Waals surface area contributed by atoms with Crippen LogP contribution >= 0.6 is 23.1 Å². The smallest absolute Gasteiger partial charge is 0.301 e. The molecule has 0 spiro atoms. The summed E-state index contributed by atoms with van der Waals surface area (Å²) in [4.78, 5) is 14.9. The Kier molecular flexibility index (Phi) is 3.97. The molecule has 0 fully saturated rings. The Balaban J connectivity index is 2.37. The number of aromatic nitrogens is 1. The summed E-state index contributed by atoms with van der Waals surface area (Å²) in [5.41, 5.74) is -3.66. The van der Waals surface area contributed by atoms with E-state index in [1.807, 2.05) is 0 Å². The average molecular weight is 256 g/mol. The molecule has 1 heterocycles. The third-order valence-electron chi connectivity index (χ3n) is 1.23. The quantitative estimate of drug-likeness (QED) is 0.904. The molecule has 1 rings (SSSR count). The number of aryl methyl sites for hydroxylation is 1. The lowest BCUT2D eigenvalue weighted by Gasteiger charge is -2.04. The summed E-state index contributed by atoms with van der Waals surface area (Å²) < 4.78 is 35.2. The fourth-order valence-corrected chi connectivity index (χ4v) is 1.79. The molecule has 8 heteroatoms. The third-order valence-corrected chi connectivity index (χ3v) is 2.84. The molecule has 15 heavy (non-hydrogen) atoms. The Morgan fingerprint density at radius 1 is 1.67 bits per heavy atom. The molecule has 0 bridgehead atoms. The van der Waals surface area contributed by atoms with Gasteiger partial charge in [0.1, 0.15) is 0 Å². The molecule has 84 valence electrons. The number of halogens is 3. The van der Waals surface area contributed by atoms with Crippen LogP contribution in [0.1, 0.15) is 5.69 Å². The third kappa shape index (κ3) is 5.03. The van der Waals surface area contributed by atoms with Gasteiger partial charge in [-0.25, -0.2) is 4.98 Å². The van der Waals surface area contributed by atoms with E-state index >= 15 is 0 Å². The molecule has 0 aliphatic heterocycles. The second-order valence-corrected chi connectivity index (χ2v) is 4.47. The van der Waals surface area contributed by atoms with Gasteiger partial charge < -0.3 is 5.32 Å². The van der Waals surface area contributed by atoms with Crippen molar-refractivity contribution in [1.29, 1.82) is 0 Å². The number of hydrogen-bond acceptors (Lipinski definition) is 4. The van der Waals surface area contributed by atoms with Crippen molar-refractivity contribution in [2.24, 2.45) is 0 Å². The highest BCUT2D eigenvalue weighted by molar-refractivity contribution is 8.00. The lowest BCUT2D eigenvalue weighted by molar-refractivity contribution is -0.114. The van der Waals surface area contributed by atoms with Crippen LogP contribution in [0.15, 0.2) is 5.38 Å². The van der Waals surface area contributed by atoms with Gasteiger partial charge in [0.25, 0.3) is 0 Å². The SMILES string of the molecule is Cc1csc(NC(=O)CSC(F)(F)F)n1. The second kappa shape index (κ2) is 4.84. The minimum atomic E-state index is -4.38. The number of hydrogen-bond donors (Lipinski definition) is 1. The van der Waals surface area contributed by atoms with Gasteiger partial charge in [0, 0.05) is 5.38 Å². The molecule has 1 amide bonds. The fourth-order valence-electron chi connectivity index (χ4n) is 0.714. The van der Waals surface area contributed by atoms with Crippen LogP contribution < -0.4 is 5.32 Å². The van der Waals surface area contributed by atoms with E-state index in [1.165, 1.54) is 11.3 Å². The first-order chi connectivity index (χ1) is 6.87. The van der Waals surface area contributed by atoms with E-state index in [9.17, 15) is 18.0 Å². The zero-order valence-corrected chi connectivity index (χ0v) is 9.22. The molecule has 1 N–H and O–H groups in total. The molecule has 1 aromatic heterocycles. The fraction of sp³-hybridized carbons (Fsp3) is 0.429. The first-order valence-electron chi connectivity index (χ1n) is 3.79. The molecule has 0 atom stereocenters. The monoisotopic (exact) mass is 256 g/mol. The Bertz CT molecular complexity index is 350. The number of thiazole rings is 1. The topological polar surface area (TPSA) is 42.0 Å². The van der Waals surface area contributed by atoms with Crippen LogP contribution in [0.2, 0.25) is 0 Å². The van der Waals surface area contributed by atoms with Gasteiger partial charge >= 0.3 is 5.51 Å². The molecule has 0 saturated heterocycles. The lowest BCUT2D eigenvalue weighted by Crippen LogP contribution is -2.16. The molecule has 0 aliphatic rings. The minimum Gasteiger partial charge on any atom is -0.301 e. The largest absolute Gasteiger partial charge is 0.442 e. The molecule has 0 saturated carbocycles. The van der Waals surface area contributed by atoms with Crippen LogP contribution in [0.5, 0.6) is 0 Å². The maximum absolute atomic E-state index is 11.7. The van der Waals surface area contributed by atoms with Crippen molar-refractivity contribution in [2.45, 2.75) is 12.4 Å². The first-order valence-corrected chi connectivity index (χ1v) is 5.66. The summed E-state index contributed by atoms with van der Waals surface area (Å²) in [5.74, 6) is -1.35. The Morgan fingerprint density at radius 2 is 2.33 bits per heavy atom. The molecule has 0 aliphatic carbocycles. The normalized spacial score (nSPS) is 11.5. The summed E-state index contributed by atoms with van der Waals surface area (Å²) in [5, 5.41) is 4.30. The van der Waals surface area contributed by atoms with Crippen molar-refractivity contribution in [3.05, 3.63) is 11.1 Å². The van der Waals surface area contributed by atoms with Crippen molar-refractivity contribution in [1.82, 2.24) is 4.98 Å². The van der Waals surface area contributed by atoms with Crippen LogP contribution in [0.3, 0.4) is 0 Å². The summed E-state index contributed by atoms with van der Waals surface area (Å²) in [6.07, 6.45) is 0. The summed E-state index contributed by atoms with van der Waals surface area (Å²) in [7, 11) is 0. The average Bonchev–Trinajstić information content (AvgIpc) is 2.47. The Morgan fingerprint density at radius 3 is 2.80 bits per heavy atom. The molecule has 3 nitrogen and oxygen atoms in total. The zero-order valence-electron chi connectivity index (χ0n) is 7.59. The van der Waals surface area contributed by atoms with Gasteiger partial charge in [-0.1, -0.05) is 0 Å². The second-order valence-electron chi connectivity index (χ2n) is 2.58. The maximum Gasteiger partial charge on any atom is 0.442 e. The van der Waals surface area contributed by atoms with Crippen molar-refractivity contribution in [3.8, 4) is 0 Å². The molecule has 0 aromatic carbocycles. The van der Waals surface area contributed by atoms with E-state index in [-0.39, 0.29) is 11.8 Å². The van der Waals surface area contributed by atoms with E-state index in [0.29, 0.717) is 5.13 Å². The minimum absolute atomic E-state index is 0.320. The molecule has 1 aromatic rings. The van der Waals surface area contributed by atoms with Crippen molar-refractivity contribution in [3.63, 3.8) is 0 Å². The maximum atomic E-state index is 11.7. The highest BCUT2D eigenvalue weighted by Crippen LogP contribution is 2.30. The molecular weight excluding hydrogens is 249 g/mol. The van der Waals surface area contributed by atoms with Crippen LogP contribution in [0.25, 0.3) is 0 Å². The van der Waals surface area contributed by atoms with Gasteiger partial charge in [-0.3, -0.25) is 4.79 Å². The summed E-state index contributed by atoms with van der Waals surface area (Å²) in [6, 6.07) is 0. The number of amides is 1. The highest BCUT2D eigenvalue weighted by atomic mass is 32.2. The number of rotatable bonds is 3. The van der Waals surface area contributed by atoms with E-state index in [1.54, 1.807) is 12.3 Å². The lowest BCUT2D eigenvalue weighted by atomic mass is 10.6. The van der Waals surface area contributed by atoms with Gasteiger partial charge in [-0.05, 0) is 18.7 Å². The van der Waals surface area contributed by atoms with Crippen LogP contribution in [0.4, 0.5) is 18.3 Å². The van der Waals surface area contributed by atoms with Crippen molar-refractivity contribution in [2.75, 3.05) is 11.1 Å². The number of thioether (sulfide) groups is 1. The Hall–Kier alpha value is -0.760. The van der Waals surface area contributed by atoms with Gasteiger partial charge in [0.2, 0.25) is 5.91 Å². The van der Waals surface area contributed by atoms with Crippen LogP contribution in [-0.2, 0) is 4.79 Å². The standard InChI is InChI=1S/C7H7F3N2OS2/c1-4-2-14-6(11-4)12-5(13)3-15-7(8,9)10/h2H,3H2,1H3,(H,11,12,13). The summed E-state index contributed by atoms with van der Waals surface area (Å²) >= 11 is 0.810. The number of anilines is 1. The molecule has 0 radical (unpaired) electrons. The van der Waals surface area contributed by atoms with Gasteiger partial charge in [0.15, 0.2) is 5.13 Å². The van der Waals surface area contributed by atoms with E-state index in [4.69, 9.17) is 0 Å². The predicted octanol–water partition coefficient (Wildman–Crippen LogP) is 2.64. The van der Waals surface area contributed by atoms with Crippen molar-refractivity contribution >= 4 is 34.1 Å². The number of nitrogens with zero attached hydrogens (tertiary/aromatic N) is 1. The van der Waals surface area contributed by atoms with Gasteiger partial charge in [-0.15, -0.1) is 11.3 Å². The zero-order chi connectivity index (χ0) is 11.5. The number of carbonyl (C=O) groups excluding carboxylic acids is 1. The van der Waals surface area contributed by atoms with Gasteiger partial charge in [-0.2, -0.15) is 13.2 Å². The van der Waals surface area contributed by atoms with Crippen molar-refractivity contribution < 1.29 is 18.0 Å². The molecule has 0 unspecified atom stereocenters. The highest BCUT2D eigenvalue weighted by Gasteiger charge is 2.29. The Labute approximate surface area is 92.1 Å². The number of carbonyl (C=O) groups is 1. The van der Waals surface area contributed by atoms with E-state index in [0.717, 1.165) is 5.69 Å². The predicted molar refractivity (Wildman–Crippen MR) is 54.0 cm³/mol. The van der Waals surface area contributed by atoms with Crippen LogP contribution in [0, 0.1) is 6.92 Å². The van der Waals surface area contributed by atoms with E-state index in [2.05, 4.69) is 10.3 Å². The van der Waals surface area contributed by atoms with Crippen LogP contribution in [-0.4, -0.2) is 22.2 Å². The first kappa shape index (κ1) is 12.3. The number of alkyl halides is 3.